The molecule has 0 spiro atoms. The number of carbonyl (C=O) groups excluding carboxylic acids is 1. The summed E-state index contributed by atoms with van der Waals surface area (Å²) in [4.78, 5) is 29.7. The van der Waals surface area contributed by atoms with Crippen LogP contribution in [0.3, 0.4) is 0 Å². The molecule has 2 aromatic carbocycles. The lowest BCUT2D eigenvalue weighted by molar-refractivity contribution is -0.119. The van der Waals surface area contributed by atoms with Crippen LogP contribution in [-0.2, 0) is 4.79 Å². The highest BCUT2D eigenvalue weighted by molar-refractivity contribution is 7.09. The lowest BCUT2D eigenvalue weighted by Crippen LogP contribution is -2.33. The highest BCUT2D eigenvalue weighted by Crippen LogP contribution is 2.24. The van der Waals surface area contributed by atoms with E-state index in [2.05, 4.69) is 15.4 Å². The third-order valence-electron chi connectivity index (χ3n) is 4.76. The molecule has 4 aromatic rings. The van der Waals surface area contributed by atoms with Crippen molar-refractivity contribution in [1.82, 2.24) is 14.8 Å². The Balaban J connectivity index is 1.56. The van der Waals surface area contributed by atoms with E-state index in [1.807, 2.05) is 30.5 Å². The average Bonchev–Trinajstić information content (AvgIpc) is 3.21. The van der Waals surface area contributed by atoms with Crippen LogP contribution in [0.25, 0.3) is 22.5 Å². The molecule has 0 aliphatic rings. The Kier molecular flexibility index (Phi) is 5.73. The van der Waals surface area contributed by atoms with Crippen LogP contribution < -0.4 is 10.9 Å². The number of nitrogens with zero attached hydrogens (tertiary/aromatic N) is 3. The lowest BCUT2D eigenvalue weighted by atomic mass is 10.1. The number of aryl methyl sites for hydroxylation is 1. The summed E-state index contributed by atoms with van der Waals surface area (Å²) >= 11 is 1.56. The van der Waals surface area contributed by atoms with Crippen LogP contribution in [0.1, 0.15) is 18.0 Å². The van der Waals surface area contributed by atoms with Crippen molar-refractivity contribution in [2.75, 3.05) is 5.32 Å². The van der Waals surface area contributed by atoms with Crippen molar-refractivity contribution in [3.05, 3.63) is 87.2 Å². The second-order valence-corrected chi connectivity index (χ2v) is 8.07. The van der Waals surface area contributed by atoms with E-state index in [0.717, 1.165) is 20.9 Å². The Morgan fingerprint density at radius 2 is 1.84 bits per heavy atom. The summed E-state index contributed by atoms with van der Waals surface area (Å²) in [6.45, 7) is 3.54. The van der Waals surface area contributed by atoms with Gasteiger partial charge in [-0.1, -0.05) is 12.1 Å². The van der Waals surface area contributed by atoms with Crippen molar-refractivity contribution < 1.29 is 9.18 Å². The highest BCUT2D eigenvalue weighted by atomic mass is 32.1. The molecular formula is C23H19FN4O2S. The van der Waals surface area contributed by atoms with Crippen molar-refractivity contribution in [2.24, 2.45) is 0 Å². The van der Waals surface area contributed by atoms with Crippen molar-refractivity contribution in [3.63, 3.8) is 0 Å². The van der Waals surface area contributed by atoms with Gasteiger partial charge in [0.05, 0.1) is 16.4 Å². The van der Waals surface area contributed by atoms with E-state index in [0.29, 0.717) is 16.9 Å². The third kappa shape index (κ3) is 4.59. The number of carbonyl (C=O) groups is 1. The van der Waals surface area contributed by atoms with E-state index in [-0.39, 0.29) is 11.7 Å². The van der Waals surface area contributed by atoms with Gasteiger partial charge in [0.1, 0.15) is 11.9 Å². The summed E-state index contributed by atoms with van der Waals surface area (Å²) in [5, 5.41) is 10.1. The maximum Gasteiger partial charge on any atom is 0.267 e. The standard InChI is InChI=1S/C23H19FN4O2S/c1-14(28-22(29)11-10-20(27-28)16-6-8-18(24)9-7-16)23(30)26-19-5-3-4-17(12-19)21-13-31-15(2)25-21/h3-14H,1-2H3,(H,26,30). The lowest BCUT2D eigenvalue weighted by Gasteiger charge is -2.15. The molecule has 2 aromatic heterocycles. The van der Waals surface area contributed by atoms with Crippen LogP contribution in [0.15, 0.2) is 70.8 Å². The first-order valence-electron chi connectivity index (χ1n) is 9.60. The fourth-order valence-corrected chi connectivity index (χ4v) is 3.71. The van der Waals surface area contributed by atoms with Crippen molar-refractivity contribution in [1.29, 1.82) is 0 Å². The molecule has 6 nitrogen and oxygen atoms in total. The van der Waals surface area contributed by atoms with Crippen LogP contribution in [0, 0.1) is 12.7 Å². The van der Waals surface area contributed by atoms with Crippen molar-refractivity contribution in [3.8, 4) is 22.5 Å². The molecule has 0 bridgehead atoms. The largest absolute Gasteiger partial charge is 0.324 e. The topological polar surface area (TPSA) is 76.9 Å². The van der Waals surface area contributed by atoms with Crippen LogP contribution in [0.2, 0.25) is 0 Å². The highest BCUT2D eigenvalue weighted by Gasteiger charge is 2.18. The minimum Gasteiger partial charge on any atom is -0.324 e. The molecule has 156 valence electrons. The minimum absolute atomic E-state index is 0.361. The Labute approximate surface area is 182 Å². The predicted octanol–water partition coefficient (Wildman–Crippen LogP) is 4.68. The van der Waals surface area contributed by atoms with Gasteiger partial charge in [0, 0.05) is 28.3 Å². The number of thiazole rings is 1. The van der Waals surface area contributed by atoms with Crippen LogP contribution in [-0.4, -0.2) is 20.7 Å². The van der Waals surface area contributed by atoms with E-state index in [9.17, 15) is 14.0 Å². The maximum atomic E-state index is 13.2. The smallest absolute Gasteiger partial charge is 0.267 e. The van der Waals surface area contributed by atoms with Crippen molar-refractivity contribution >= 4 is 22.9 Å². The fourth-order valence-electron chi connectivity index (χ4n) is 3.09. The van der Waals surface area contributed by atoms with Gasteiger partial charge in [0.15, 0.2) is 0 Å². The molecule has 0 aliphatic heterocycles. The summed E-state index contributed by atoms with van der Waals surface area (Å²) < 4.78 is 14.3. The summed E-state index contributed by atoms with van der Waals surface area (Å²) in [5.74, 6) is -0.739. The van der Waals surface area contributed by atoms with Crippen molar-refractivity contribution in [2.45, 2.75) is 19.9 Å². The van der Waals surface area contributed by atoms with E-state index < -0.39 is 11.6 Å². The van der Waals surface area contributed by atoms with Gasteiger partial charge in [0.25, 0.3) is 5.56 Å². The molecular weight excluding hydrogens is 415 g/mol. The number of hydrogen-bond donors (Lipinski definition) is 1. The number of anilines is 1. The minimum atomic E-state index is -0.849. The molecule has 8 heteroatoms. The zero-order valence-electron chi connectivity index (χ0n) is 16.9. The molecule has 0 saturated heterocycles. The molecule has 31 heavy (non-hydrogen) atoms. The second kappa shape index (κ2) is 8.61. The first kappa shape index (κ1) is 20.6. The molecule has 1 unspecified atom stereocenters. The Morgan fingerprint density at radius 1 is 1.06 bits per heavy atom. The Morgan fingerprint density at radius 3 is 2.55 bits per heavy atom. The van der Waals surface area contributed by atoms with Gasteiger partial charge >= 0.3 is 0 Å². The molecule has 0 fully saturated rings. The van der Waals surface area contributed by atoms with E-state index in [1.54, 1.807) is 42.5 Å². The van der Waals surface area contributed by atoms with E-state index >= 15 is 0 Å². The molecule has 0 aliphatic carbocycles. The SMILES string of the molecule is Cc1nc(-c2cccc(NC(=O)C(C)n3nc(-c4ccc(F)cc4)ccc3=O)c2)cs1. The van der Waals surface area contributed by atoms with Gasteiger partial charge in [-0.15, -0.1) is 11.3 Å². The first-order chi connectivity index (χ1) is 14.9. The third-order valence-corrected chi connectivity index (χ3v) is 5.53. The molecule has 1 N–H and O–H groups in total. The number of hydrogen-bond acceptors (Lipinski definition) is 5. The van der Waals surface area contributed by atoms with Crippen LogP contribution in [0.5, 0.6) is 0 Å². The summed E-state index contributed by atoms with van der Waals surface area (Å²) in [5.41, 5.74) is 3.05. The molecule has 0 saturated carbocycles. The Bertz CT molecular complexity index is 1300. The van der Waals surface area contributed by atoms with Gasteiger partial charge in [-0.05, 0) is 56.3 Å². The zero-order chi connectivity index (χ0) is 22.0. The summed E-state index contributed by atoms with van der Waals surface area (Å²) in [7, 11) is 0. The monoisotopic (exact) mass is 434 g/mol. The molecule has 1 atom stereocenters. The number of halogens is 1. The van der Waals surface area contributed by atoms with Gasteiger partial charge in [0.2, 0.25) is 5.91 Å². The molecule has 2 heterocycles. The van der Waals surface area contributed by atoms with Crippen LogP contribution >= 0.6 is 11.3 Å². The zero-order valence-corrected chi connectivity index (χ0v) is 17.7. The number of nitrogens with one attached hydrogen (secondary N) is 1. The van der Waals surface area contributed by atoms with Gasteiger partial charge < -0.3 is 5.32 Å². The normalized spacial score (nSPS) is 11.8. The molecule has 0 radical (unpaired) electrons. The second-order valence-electron chi connectivity index (χ2n) is 7.01. The van der Waals surface area contributed by atoms with Gasteiger partial charge in [-0.2, -0.15) is 5.10 Å². The average molecular weight is 434 g/mol. The number of aromatic nitrogens is 3. The summed E-state index contributed by atoms with van der Waals surface area (Å²) in [6, 6.07) is 15.2. The molecule has 1 amide bonds. The number of rotatable bonds is 5. The Hall–Kier alpha value is -3.65. The quantitative estimate of drug-likeness (QED) is 0.495. The number of amides is 1. The maximum absolute atomic E-state index is 13.2. The van der Waals surface area contributed by atoms with Gasteiger partial charge in [-0.25, -0.2) is 14.1 Å². The van der Waals surface area contributed by atoms with E-state index in [4.69, 9.17) is 0 Å². The van der Waals surface area contributed by atoms with E-state index in [1.165, 1.54) is 18.2 Å². The number of benzene rings is 2. The van der Waals surface area contributed by atoms with Gasteiger partial charge in [-0.3, -0.25) is 9.59 Å². The first-order valence-corrected chi connectivity index (χ1v) is 10.5. The fraction of sp³-hybridized carbons (Fsp3) is 0.130. The summed E-state index contributed by atoms with van der Waals surface area (Å²) in [6.07, 6.45) is 0. The van der Waals surface area contributed by atoms with Crippen LogP contribution in [0.4, 0.5) is 10.1 Å². The molecule has 4 rings (SSSR count). The predicted molar refractivity (Wildman–Crippen MR) is 120 cm³/mol.